The molecule has 1 heterocycles. The van der Waals surface area contributed by atoms with Crippen molar-refractivity contribution in [2.24, 2.45) is 11.1 Å². The Balaban J connectivity index is 2.28. The molecule has 0 spiro atoms. The van der Waals surface area contributed by atoms with Gasteiger partial charge in [0, 0.05) is 12.0 Å². The van der Waals surface area contributed by atoms with Crippen LogP contribution in [0.1, 0.15) is 30.8 Å². The van der Waals surface area contributed by atoms with Crippen molar-refractivity contribution in [1.29, 1.82) is 0 Å². The third kappa shape index (κ3) is 3.24. The number of nitrogens with one attached hydrogen (secondary N) is 1. The van der Waals surface area contributed by atoms with Crippen LogP contribution < -0.4 is 5.73 Å². The van der Waals surface area contributed by atoms with E-state index in [4.69, 9.17) is 5.73 Å². The second-order valence-corrected chi connectivity index (χ2v) is 6.11. The Kier molecular flexibility index (Phi) is 3.76. The molecule has 0 atom stereocenters. The van der Waals surface area contributed by atoms with Crippen LogP contribution in [0, 0.1) is 19.3 Å². The summed E-state index contributed by atoms with van der Waals surface area (Å²) in [7, 11) is 0. The average molecular weight is 257 g/mol. The number of aryl methyl sites for hydroxylation is 2. The first-order chi connectivity index (χ1) is 8.91. The van der Waals surface area contributed by atoms with E-state index in [1.165, 1.54) is 16.7 Å². The monoisotopic (exact) mass is 257 g/mol. The molecule has 0 aliphatic carbocycles. The molecular formula is C16H23N3. The molecule has 0 radical (unpaired) electrons. The van der Waals surface area contributed by atoms with Crippen molar-refractivity contribution in [2.45, 2.75) is 34.1 Å². The number of benzene rings is 1. The summed E-state index contributed by atoms with van der Waals surface area (Å²) < 4.78 is 0. The number of imidazole rings is 1. The maximum atomic E-state index is 5.77. The summed E-state index contributed by atoms with van der Waals surface area (Å²) in [6, 6.07) is 6.48. The molecule has 0 fully saturated rings. The van der Waals surface area contributed by atoms with Crippen LogP contribution in [-0.2, 0) is 6.42 Å². The van der Waals surface area contributed by atoms with Gasteiger partial charge < -0.3 is 10.7 Å². The van der Waals surface area contributed by atoms with Gasteiger partial charge in [0.05, 0.1) is 11.9 Å². The largest absolute Gasteiger partial charge is 0.342 e. The molecule has 19 heavy (non-hydrogen) atoms. The Hall–Kier alpha value is -1.61. The Morgan fingerprint density at radius 1 is 1.26 bits per heavy atom. The van der Waals surface area contributed by atoms with Crippen LogP contribution in [0.2, 0.25) is 0 Å². The number of aromatic amines is 1. The molecule has 0 amide bonds. The van der Waals surface area contributed by atoms with Crippen molar-refractivity contribution in [3.05, 3.63) is 41.3 Å². The third-order valence-corrected chi connectivity index (χ3v) is 3.51. The van der Waals surface area contributed by atoms with E-state index in [0.29, 0.717) is 6.54 Å². The summed E-state index contributed by atoms with van der Waals surface area (Å²) in [5.74, 6) is 1.01. The molecule has 3 nitrogen and oxygen atoms in total. The number of nitrogens with zero attached hydrogens (tertiary/aromatic N) is 1. The minimum Gasteiger partial charge on any atom is -0.342 e. The number of H-pyrrole nitrogens is 1. The van der Waals surface area contributed by atoms with Gasteiger partial charge in [-0.25, -0.2) is 4.98 Å². The van der Waals surface area contributed by atoms with Crippen molar-refractivity contribution in [3.8, 4) is 11.3 Å². The lowest BCUT2D eigenvalue weighted by atomic mass is 9.89. The van der Waals surface area contributed by atoms with Gasteiger partial charge in [0.2, 0.25) is 0 Å². The van der Waals surface area contributed by atoms with E-state index in [1.54, 1.807) is 0 Å². The molecule has 2 aromatic rings. The van der Waals surface area contributed by atoms with E-state index in [9.17, 15) is 0 Å². The number of aromatic nitrogens is 2. The van der Waals surface area contributed by atoms with Crippen LogP contribution in [0.15, 0.2) is 24.4 Å². The lowest BCUT2D eigenvalue weighted by Gasteiger charge is -2.20. The van der Waals surface area contributed by atoms with Gasteiger partial charge in [-0.3, -0.25) is 0 Å². The average Bonchev–Trinajstić information content (AvgIpc) is 2.80. The van der Waals surface area contributed by atoms with Crippen molar-refractivity contribution >= 4 is 0 Å². The van der Waals surface area contributed by atoms with Crippen molar-refractivity contribution in [1.82, 2.24) is 9.97 Å². The zero-order valence-corrected chi connectivity index (χ0v) is 12.2. The topological polar surface area (TPSA) is 54.7 Å². The Morgan fingerprint density at radius 3 is 2.68 bits per heavy atom. The minimum absolute atomic E-state index is 0.0801. The first-order valence-corrected chi connectivity index (χ1v) is 6.73. The molecule has 3 N–H and O–H groups in total. The lowest BCUT2D eigenvalue weighted by molar-refractivity contribution is 0.369. The fraction of sp³-hybridized carbons (Fsp3) is 0.438. The number of hydrogen-bond acceptors (Lipinski definition) is 2. The smallest absolute Gasteiger partial charge is 0.107 e. The summed E-state index contributed by atoms with van der Waals surface area (Å²) in [5.41, 5.74) is 10.7. The van der Waals surface area contributed by atoms with Gasteiger partial charge in [0.25, 0.3) is 0 Å². The second-order valence-electron chi connectivity index (χ2n) is 6.11. The SMILES string of the molecule is Cc1ccc(C)c(-c2cnc(CC(C)(C)CN)[nH]2)c1. The Labute approximate surface area is 115 Å². The van der Waals surface area contributed by atoms with Crippen LogP contribution in [0.5, 0.6) is 0 Å². The summed E-state index contributed by atoms with van der Waals surface area (Å²) in [5, 5.41) is 0. The van der Waals surface area contributed by atoms with E-state index in [-0.39, 0.29) is 5.41 Å². The predicted octanol–water partition coefficient (Wildman–Crippen LogP) is 3.22. The second kappa shape index (κ2) is 5.17. The number of hydrogen-bond donors (Lipinski definition) is 2. The van der Waals surface area contributed by atoms with Gasteiger partial charge in [0.15, 0.2) is 0 Å². The van der Waals surface area contributed by atoms with E-state index in [1.807, 2.05) is 6.20 Å². The zero-order valence-electron chi connectivity index (χ0n) is 12.2. The Morgan fingerprint density at radius 2 is 2.00 bits per heavy atom. The fourth-order valence-corrected chi connectivity index (χ4v) is 2.14. The zero-order chi connectivity index (χ0) is 14.0. The molecule has 1 aromatic carbocycles. The number of nitrogens with two attached hydrogens (primary N) is 1. The van der Waals surface area contributed by atoms with Gasteiger partial charge in [-0.2, -0.15) is 0 Å². The first kappa shape index (κ1) is 13.8. The molecule has 0 saturated carbocycles. The van der Waals surface area contributed by atoms with Gasteiger partial charge >= 0.3 is 0 Å². The molecule has 3 heteroatoms. The highest BCUT2D eigenvalue weighted by atomic mass is 14.9. The normalized spacial score (nSPS) is 11.8. The van der Waals surface area contributed by atoms with Crippen molar-refractivity contribution in [2.75, 3.05) is 6.54 Å². The van der Waals surface area contributed by atoms with Crippen LogP contribution in [0.3, 0.4) is 0 Å². The van der Waals surface area contributed by atoms with Gasteiger partial charge in [-0.05, 0) is 37.4 Å². The van der Waals surface area contributed by atoms with E-state index in [0.717, 1.165) is 17.9 Å². The fourth-order valence-electron chi connectivity index (χ4n) is 2.14. The molecule has 0 saturated heterocycles. The molecule has 2 rings (SSSR count). The van der Waals surface area contributed by atoms with E-state index >= 15 is 0 Å². The van der Waals surface area contributed by atoms with Gasteiger partial charge in [0.1, 0.15) is 5.82 Å². The summed E-state index contributed by atoms with van der Waals surface area (Å²) in [4.78, 5) is 7.91. The molecule has 0 aliphatic heterocycles. The lowest BCUT2D eigenvalue weighted by Crippen LogP contribution is -2.26. The minimum atomic E-state index is 0.0801. The highest BCUT2D eigenvalue weighted by Gasteiger charge is 2.18. The van der Waals surface area contributed by atoms with E-state index in [2.05, 4.69) is 55.9 Å². The van der Waals surface area contributed by atoms with Crippen LogP contribution in [0.25, 0.3) is 11.3 Å². The quantitative estimate of drug-likeness (QED) is 0.883. The van der Waals surface area contributed by atoms with Crippen LogP contribution in [0.4, 0.5) is 0 Å². The standard InChI is InChI=1S/C16H23N3/c1-11-5-6-12(2)13(7-11)14-9-18-15(19-14)8-16(3,4)10-17/h5-7,9H,8,10,17H2,1-4H3,(H,18,19). The summed E-state index contributed by atoms with van der Waals surface area (Å²) in [6.07, 6.45) is 2.79. The maximum absolute atomic E-state index is 5.77. The van der Waals surface area contributed by atoms with Gasteiger partial charge in [-0.1, -0.05) is 31.5 Å². The van der Waals surface area contributed by atoms with Crippen LogP contribution in [-0.4, -0.2) is 16.5 Å². The highest BCUT2D eigenvalue weighted by Crippen LogP contribution is 2.25. The van der Waals surface area contributed by atoms with E-state index < -0.39 is 0 Å². The molecule has 0 unspecified atom stereocenters. The highest BCUT2D eigenvalue weighted by molar-refractivity contribution is 5.63. The molecule has 0 aliphatic rings. The van der Waals surface area contributed by atoms with Crippen LogP contribution >= 0.6 is 0 Å². The first-order valence-electron chi connectivity index (χ1n) is 6.73. The predicted molar refractivity (Wildman–Crippen MR) is 80.0 cm³/mol. The molecule has 1 aromatic heterocycles. The number of rotatable bonds is 4. The van der Waals surface area contributed by atoms with Crippen molar-refractivity contribution < 1.29 is 0 Å². The Bertz CT molecular complexity index is 567. The third-order valence-electron chi connectivity index (χ3n) is 3.51. The maximum Gasteiger partial charge on any atom is 0.107 e. The van der Waals surface area contributed by atoms with Crippen molar-refractivity contribution in [3.63, 3.8) is 0 Å². The molecule has 102 valence electrons. The summed E-state index contributed by atoms with van der Waals surface area (Å²) in [6.45, 7) is 9.21. The molecule has 0 bridgehead atoms. The van der Waals surface area contributed by atoms with Gasteiger partial charge in [-0.15, -0.1) is 0 Å². The molecular weight excluding hydrogens is 234 g/mol. The summed E-state index contributed by atoms with van der Waals surface area (Å²) >= 11 is 0.